The maximum absolute atomic E-state index is 5.38. The van der Waals surface area contributed by atoms with Crippen LogP contribution in [-0.2, 0) is 0 Å². The third kappa shape index (κ3) is 2.15. The number of anilines is 1. The van der Waals surface area contributed by atoms with Gasteiger partial charge in [0.2, 0.25) is 0 Å². The van der Waals surface area contributed by atoms with Crippen molar-refractivity contribution in [3.05, 3.63) is 48.5 Å². The summed E-state index contributed by atoms with van der Waals surface area (Å²) in [4.78, 5) is 0. The maximum atomic E-state index is 5.38. The Morgan fingerprint density at radius 2 is 1.69 bits per heavy atom. The van der Waals surface area contributed by atoms with E-state index in [0.29, 0.717) is 0 Å². The van der Waals surface area contributed by atoms with Gasteiger partial charge in [-0.1, -0.05) is 24.3 Å². The number of nitrogen functional groups attached to an aromatic ring is 1. The smallest absolute Gasteiger partial charge is 0.119 e. The van der Waals surface area contributed by atoms with Gasteiger partial charge in [-0.2, -0.15) is 0 Å². The number of hydrogen-bond donors (Lipinski definition) is 2. The Hall–Kier alpha value is -2.00. The molecule has 0 bridgehead atoms. The molecule has 0 heterocycles. The van der Waals surface area contributed by atoms with E-state index < -0.39 is 0 Å². The minimum Gasteiger partial charge on any atom is -0.497 e. The van der Waals surface area contributed by atoms with Crippen molar-refractivity contribution < 1.29 is 4.74 Å². The molecule has 0 atom stereocenters. The molecule has 0 saturated heterocycles. The Bertz CT molecular complexity index is 437. The van der Waals surface area contributed by atoms with Crippen LogP contribution in [0.4, 0.5) is 5.69 Å². The number of nitrogens with two attached hydrogens (primary N) is 1. The van der Waals surface area contributed by atoms with E-state index in [4.69, 9.17) is 10.6 Å². The highest BCUT2D eigenvalue weighted by Gasteiger charge is 2.00. The first-order chi connectivity index (χ1) is 7.83. The predicted molar refractivity (Wildman–Crippen MR) is 66.2 cm³/mol. The highest BCUT2D eigenvalue weighted by Crippen LogP contribution is 2.25. The van der Waals surface area contributed by atoms with E-state index in [9.17, 15) is 0 Å². The second-order valence-corrected chi connectivity index (χ2v) is 3.46. The van der Waals surface area contributed by atoms with Crippen LogP contribution >= 0.6 is 0 Å². The molecule has 2 aromatic rings. The topological polar surface area (TPSA) is 47.3 Å². The second-order valence-electron chi connectivity index (χ2n) is 3.46. The first-order valence-electron chi connectivity index (χ1n) is 5.04. The van der Waals surface area contributed by atoms with Gasteiger partial charge < -0.3 is 10.2 Å². The molecule has 0 amide bonds. The summed E-state index contributed by atoms with van der Waals surface area (Å²) in [6.45, 7) is 0. The summed E-state index contributed by atoms with van der Waals surface area (Å²) in [5.41, 5.74) is 5.74. The average molecular weight is 214 g/mol. The summed E-state index contributed by atoms with van der Waals surface area (Å²) in [5, 5.41) is 0. The van der Waals surface area contributed by atoms with Gasteiger partial charge in [0.05, 0.1) is 7.11 Å². The molecule has 0 aromatic heterocycles. The van der Waals surface area contributed by atoms with Gasteiger partial charge in [-0.15, -0.1) is 0 Å². The SMILES string of the molecule is COc1cccc(-c2cccc(NN)c2)c1. The van der Waals surface area contributed by atoms with Gasteiger partial charge in [0, 0.05) is 5.69 Å². The van der Waals surface area contributed by atoms with Crippen LogP contribution in [0.3, 0.4) is 0 Å². The molecule has 3 heteroatoms. The molecule has 0 aliphatic carbocycles. The van der Waals surface area contributed by atoms with Crippen LogP contribution in [0, 0.1) is 0 Å². The molecule has 0 saturated carbocycles. The number of ether oxygens (including phenoxy) is 1. The van der Waals surface area contributed by atoms with Crippen LogP contribution < -0.4 is 16.0 Å². The summed E-state index contributed by atoms with van der Waals surface area (Å²) in [5.74, 6) is 6.23. The van der Waals surface area contributed by atoms with Crippen LogP contribution in [0.2, 0.25) is 0 Å². The molecule has 0 spiro atoms. The van der Waals surface area contributed by atoms with E-state index in [2.05, 4.69) is 5.43 Å². The van der Waals surface area contributed by atoms with Crippen molar-refractivity contribution >= 4 is 5.69 Å². The molecule has 82 valence electrons. The molecule has 3 nitrogen and oxygen atoms in total. The quantitative estimate of drug-likeness (QED) is 0.610. The summed E-state index contributed by atoms with van der Waals surface area (Å²) in [6, 6.07) is 15.8. The highest BCUT2D eigenvalue weighted by atomic mass is 16.5. The number of benzene rings is 2. The Kier molecular flexibility index (Phi) is 3.08. The summed E-state index contributed by atoms with van der Waals surface area (Å²) in [6.07, 6.45) is 0. The summed E-state index contributed by atoms with van der Waals surface area (Å²) < 4.78 is 5.19. The molecule has 0 aliphatic heterocycles. The van der Waals surface area contributed by atoms with Gasteiger partial charge in [0.15, 0.2) is 0 Å². The van der Waals surface area contributed by atoms with Gasteiger partial charge >= 0.3 is 0 Å². The molecular weight excluding hydrogens is 200 g/mol. The molecule has 0 aliphatic rings. The normalized spacial score (nSPS) is 9.88. The number of hydrazine groups is 1. The number of methoxy groups -OCH3 is 1. The lowest BCUT2D eigenvalue weighted by Gasteiger charge is -2.06. The zero-order chi connectivity index (χ0) is 11.4. The monoisotopic (exact) mass is 214 g/mol. The van der Waals surface area contributed by atoms with Crippen molar-refractivity contribution in [3.8, 4) is 16.9 Å². The molecule has 3 N–H and O–H groups in total. The summed E-state index contributed by atoms with van der Waals surface area (Å²) in [7, 11) is 1.66. The van der Waals surface area contributed by atoms with Gasteiger partial charge in [-0.05, 0) is 35.4 Å². The summed E-state index contributed by atoms with van der Waals surface area (Å²) >= 11 is 0. The molecular formula is C13H14N2O. The molecule has 2 aromatic carbocycles. The van der Waals surface area contributed by atoms with Gasteiger partial charge in [0.25, 0.3) is 0 Å². The zero-order valence-electron chi connectivity index (χ0n) is 9.10. The molecule has 0 unspecified atom stereocenters. The third-order valence-corrected chi connectivity index (χ3v) is 2.43. The highest BCUT2D eigenvalue weighted by molar-refractivity contribution is 5.69. The molecule has 0 fully saturated rings. The number of hydrogen-bond acceptors (Lipinski definition) is 3. The van der Waals surface area contributed by atoms with E-state index in [0.717, 1.165) is 22.6 Å². The standard InChI is InChI=1S/C13H14N2O/c1-16-13-7-3-5-11(9-13)10-4-2-6-12(8-10)15-14/h2-9,15H,14H2,1H3. The van der Waals surface area contributed by atoms with E-state index in [1.165, 1.54) is 0 Å². The minimum absolute atomic E-state index is 0.851. The van der Waals surface area contributed by atoms with Crippen molar-refractivity contribution in [1.29, 1.82) is 0 Å². The first-order valence-corrected chi connectivity index (χ1v) is 5.04. The van der Waals surface area contributed by atoms with E-state index in [-0.39, 0.29) is 0 Å². The molecule has 0 radical (unpaired) electrons. The largest absolute Gasteiger partial charge is 0.497 e. The van der Waals surface area contributed by atoms with Crippen molar-refractivity contribution in [3.63, 3.8) is 0 Å². The van der Waals surface area contributed by atoms with Crippen molar-refractivity contribution in [2.45, 2.75) is 0 Å². The lowest BCUT2D eigenvalue weighted by molar-refractivity contribution is 0.415. The lowest BCUT2D eigenvalue weighted by atomic mass is 10.1. The lowest BCUT2D eigenvalue weighted by Crippen LogP contribution is -2.06. The van der Waals surface area contributed by atoms with Crippen molar-refractivity contribution in [2.24, 2.45) is 5.84 Å². The Morgan fingerprint density at radius 3 is 2.38 bits per heavy atom. The fraction of sp³-hybridized carbons (Fsp3) is 0.0769. The second kappa shape index (κ2) is 4.68. The Balaban J connectivity index is 2.41. The van der Waals surface area contributed by atoms with Crippen LogP contribution in [0.5, 0.6) is 5.75 Å². The maximum Gasteiger partial charge on any atom is 0.119 e. The molecule has 16 heavy (non-hydrogen) atoms. The van der Waals surface area contributed by atoms with Crippen LogP contribution in [-0.4, -0.2) is 7.11 Å². The fourth-order valence-electron chi connectivity index (χ4n) is 1.59. The van der Waals surface area contributed by atoms with Crippen molar-refractivity contribution in [1.82, 2.24) is 0 Å². The van der Waals surface area contributed by atoms with E-state index in [1.54, 1.807) is 7.11 Å². The van der Waals surface area contributed by atoms with E-state index in [1.807, 2.05) is 48.5 Å². The van der Waals surface area contributed by atoms with Gasteiger partial charge in [0.1, 0.15) is 5.75 Å². The van der Waals surface area contributed by atoms with Gasteiger partial charge in [-0.3, -0.25) is 5.84 Å². The third-order valence-electron chi connectivity index (χ3n) is 2.43. The predicted octanol–water partition coefficient (Wildman–Crippen LogP) is 2.65. The van der Waals surface area contributed by atoms with Crippen molar-refractivity contribution in [2.75, 3.05) is 12.5 Å². The number of rotatable bonds is 3. The first kappa shape index (κ1) is 10.5. The molecule has 2 rings (SSSR count). The average Bonchev–Trinajstić information content (AvgIpc) is 2.39. The Labute approximate surface area is 94.8 Å². The van der Waals surface area contributed by atoms with Gasteiger partial charge in [-0.25, -0.2) is 0 Å². The number of nitrogens with one attached hydrogen (secondary N) is 1. The van der Waals surface area contributed by atoms with E-state index >= 15 is 0 Å². The fourth-order valence-corrected chi connectivity index (χ4v) is 1.59. The van der Waals surface area contributed by atoms with Crippen LogP contribution in [0.15, 0.2) is 48.5 Å². The van der Waals surface area contributed by atoms with Crippen LogP contribution in [0.25, 0.3) is 11.1 Å². The Morgan fingerprint density at radius 1 is 1.00 bits per heavy atom. The minimum atomic E-state index is 0.851. The zero-order valence-corrected chi connectivity index (χ0v) is 9.10. The van der Waals surface area contributed by atoms with Crippen LogP contribution in [0.1, 0.15) is 0 Å².